The summed E-state index contributed by atoms with van der Waals surface area (Å²) in [5.41, 5.74) is 0.821. The van der Waals surface area contributed by atoms with Crippen molar-refractivity contribution in [3.8, 4) is 0 Å². The molecule has 128 valence electrons. The molecule has 1 aromatic carbocycles. The third kappa shape index (κ3) is 2.82. The van der Waals surface area contributed by atoms with Crippen LogP contribution in [0, 0.1) is 5.82 Å². The molecule has 0 N–H and O–H groups in total. The van der Waals surface area contributed by atoms with Crippen molar-refractivity contribution in [3.63, 3.8) is 0 Å². The number of benzene rings is 1. The average Bonchev–Trinajstić information content (AvgIpc) is 3.27. The highest BCUT2D eigenvalue weighted by Crippen LogP contribution is 2.28. The van der Waals surface area contributed by atoms with Gasteiger partial charge in [-0.1, -0.05) is 18.2 Å². The minimum atomic E-state index is -0.300. The second kappa shape index (κ2) is 6.16. The normalized spacial score (nSPS) is 17.3. The Hall–Kier alpha value is -2.96. The Labute approximate surface area is 143 Å². The summed E-state index contributed by atoms with van der Waals surface area (Å²) in [6.45, 7) is 0.909. The van der Waals surface area contributed by atoms with Crippen LogP contribution in [0.2, 0.25) is 0 Å². The summed E-state index contributed by atoms with van der Waals surface area (Å²) in [4.78, 5) is 26.5. The molecule has 2 aromatic heterocycles. The Balaban J connectivity index is 1.49. The van der Waals surface area contributed by atoms with Crippen molar-refractivity contribution in [3.05, 3.63) is 70.7 Å². The number of nitrogens with zero attached hydrogens (tertiary/aromatic N) is 4. The van der Waals surface area contributed by atoms with E-state index in [1.807, 2.05) is 0 Å². The Bertz CT molecular complexity index is 994. The molecule has 0 bridgehead atoms. The quantitative estimate of drug-likeness (QED) is 0.728. The lowest BCUT2D eigenvalue weighted by molar-refractivity contribution is -0.131. The van der Waals surface area contributed by atoms with E-state index in [4.69, 9.17) is 0 Å². The van der Waals surface area contributed by atoms with E-state index in [2.05, 4.69) is 5.10 Å². The Morgan fingerprint density at radius 3 is 2.92 bits per heavy atom. The predicted molar refractivity (Wildman–Crippen MR) is 89.8 cm³/mol. The summed E-state index contributed by atoms with van der Waals surface area (Å²) in [7, 11) is 0. The Morgan fingerprint density at radius 2 is 2.08 bits per heavy atom. The van der Waals surface area contributed by atoms with Crippen molar-refractivity contribution < 1.29 is 9.18 Å². The summed E-state index contributed by atoms with van der Waals surface area (Å²) in [6.07, 6.45) is 3.96. The maximum atomic E-state index is 13.9. The molecule has 1 unspecified atom stereocenters. The number of hydrogen-bond donors (Lipinski definition) is 0. The third-order valence-corrected chi connectivity index (χ3v) is 4.72. The first-order chi connectivity index (χ1) is 12.1. The lowest BCUT2D eigenvalue weighted by Gasteiger charge is -2.17. The molecule has 4 rings (SSSR count). The molecule has 1 aliphatic rings. The highest BCUT2D eigenvalue weighted by atomic mass is 19.1. The van der Waals surface area contributed by atoms with Gasteiger partial charge in [0.05, 0.1) is 0 Å². The van der Waals surface area contributed by atoms with E-state index in [1.54, 1.807) is 45.8 Å². The molecule has 0 saturated carbocycles. The number of hydrogen-bond acceptors (Lipinski definition) is 3. The highest BCUT2D eigenvalue weighted by Gasteiger charge is 2.29. The van der Waals surface area contributed by atoms with Crippen molar-refractivity contribution in [2.24, 2.45) is 0 Å². The minimum absolute atomic E-state index is 0.0112. The number of rotatable bonds is 3. The number of carbonyl (C=O) groups excluding carboxylic acids is 1. The molecular formula is C18H17FN4O2. The van der Waals surface area contributed by atoms with Crippen molar-refractivity contribution in [1.82, 2.24) is 19.1 Å². The van der Waals surface area contributed by atoms with E-state index in [1.165, 1.54) is 17.1 Å². The second-order valence-electron chi connectivity index (χ2n) is 6.24. The van der Waals surface area contributed by atoms with Crippen LogP contribution in [0.5, 0.6) is 0 Å². The van der Waals surface area contributed by atoms with E-state index in [-0.39, 0.29) is 29.7 Å². The van der Waals surface area contributed by atoms with Crippen LogP contribution in [0.1, 0.15) is 17.9 Å². The van der Waals surface area contributed by atoms with Gasteiger partial charge in [-0.2, -0.15) is 5.10 Å². The molecule has 3 aromatic rings. The third-order valence-electron chi connectivity index (χ3n) is 4.72. The molecule has 1 aliphatic heterocycles. The molecule has 0 spiro atoms. The maximum absolute atomic E-state index is 13.9. The van der Waals surface area contributed by atoms with Crippen LogP contribution in [0.4, 0.5) is 4.39 Å². The molecule has 0 aliphatic carbocycles. The van der Waals surface area contributed by atoms with E-state index >= 15 is 0 Å². The van der Waals surface area contributed by atoms with Crippen LogP contribution in [-0.2, 0) is 11.3 Å². The molecular weight excluding hydrogens is 323 g/mol. The zero-order valence-corrected chi connectivity index (χ0v) is 13.5. The molecule has 1 amide bonds. The van der Waals surface area contributed by atoms with Gasteiger partial charge in [0.2, 0.25) is 5.91 Å². The fourth-order valence-electron chi connectivity index (χ4n) is 3.37. The molecule has 1 saturated heterocycles. The van der Waals surface area contributed by atoms with Gasteiger partial charge in [0.15, 0.2) is 0 Å². The smallest absolute Gasteiger partial charge is 0.291 e. The largest absolute Gasteiger partial charge is 0.340 e. The highest BCUT2D eigenvalue weighted by molar-refractivity contribution is 5.76. The fourth-order valence-corrected chi connectivity index (χ4v) is 3.37. The molecule has 3 heterocycles. The standard InChI is InChI=1S/C18H17FN4O2/c19-15-5-2-1-4-14(15)13-7-9-21(10-13)17(24)11-23-18(25)16-6-3-8-22(16)12-20-23/h1-6,8,12-13H,7,9-11H2. The van der Waals surface area contributed by atoms with Crippen LogP contribution >= 0.6 is 0 Å². The van der Waals surface area contributed by atoms with Crippen molar-refractivity contribution in [2.45, 2.75) is 18.9 Å². The van der Waals surface area contributed by atoms with Crippen molar-refractivity contribution in [2.75, 3.05) is 13.1 Å². The first-order valence-corrected chi connectivity index (χ1v) is 8.18. The zero-order valence-electron chi connectivity index (χ0n) is 13.5. The molecule has 1 atom stereocenters. The van der Waals surface area contributed by atoms with Gasteiger partial charge in [-0.3, -0.25) is 9.59 Å². The van der Waals surface area contributed by atoms with Gasteiger partial charge in [-0.15, -0.1) is 0 Å². The van der Waals surface area contributed by atoms with Crippen LogP contribution in [0.25, 0.3) is 5.52 Å². The number of halogens is 1. The molecule has 25 heavy (non-hydrogen) atoms. The first-order valence-electron chi connectivity index (χ1n) is 8.18. The van der Waals surface area contributed by atoms with Gasteiger partial charge in [0.1, 0.15) is 24.2 Å². The van der Waals surface area contributed by atoms with Gasteiger partial charge in [0.25, 0.3) is 5.56 Å². The van der Waals surface area contributed by atoms with Gasteiger partial charge in [0, 0.05) is 25.2 Å². The fraction of sp³-hybridized carbons (Fsp3) is 0.278. The van der Waals surface area contributed by atoms with E-state index in [9.17, 15) is 14.0 Å². The second-order valence-corrected chi connectivity index (χ2v) is 6.24. The van der Waals surface area contributed by atoms with Crippen LogP contribution in [-0.4, -0.2) is 38.1 Å². The lowest BCUT2D eigenvalue weighted by Crippen LogP contribution is -2.36. The number of carbonyl (C=O) groups is 1. The van der Waals surface area contributed by atoms with Crippen LogP contribution in [0.3, 0.4) is 0 Å². The minimum Gasteiger partial charge on any atom is -0.340 e. The summed E-state index contributed by atoms with van der Waals surface area (Å²) >= 11 is 0. The molecule has 7 heteroatoms. The maximum Gasteiger partial charge on any atom is 0.291 e. The van der Waals surface area contributed by atoms with Crippen LogP contribution < -0.4 is 5.56 Å². The van der Waals surface area contributed by atoms with Crippen molar-refractivity contribution in [1.29, 1.82) is 0 Å². The summed E-state index contributed by atoms with van der Waals surface area (Å²) < 4.78 is 16.7. The summed E-state index contributed by atoms with van der Waals surface area (Å²) in [5.74, 6) is -0.425. The van der Waals surface area contributed by atoms with Gasteiger partial charge < -0.3 is 9.30 Å². The molecule has 0 radical (unpaired) electrons. The predicted octanol–water partition coefficient (Wildman–Crippen LogP) is 1.65. The zero-order chi connectivity index (χ0) is 17.4. The number of amides is 1. The first kappa shape index (κ1) is 15.6. The number of aromatic nitrogens is 3. The van der Waals surface area contributed by atoms with Gasteiger partial charge in [-0.25, -0.2) is 9.07 Å². The average molecular weight is 340 g/mol. The van der Waals surface area contributed by atoms with Crippen LogP contribution in [0.15, 0.2) is 53.7 Å². The summed E-state index contributed by atoms with van der Waals surface area (Å²) in [6, 6.07) is 10.1. The van der Waals surface area contributed by atoms with E-state index in [0.29, 0.717) is 30.6 Å². The lowest BCUT2D eigenvalue weighted by atomic mass is 9.98. The van der Waals surface area contributed by atoms with Gasteiger partial charge in [-0.05, 0) is 30.2 Å². The number of likely N-dealkylation sites (tertiary alicyclic amines) is 1. The van der Waals surface area contributed by atoms with E-state index in [0.717, 1.165) is 0 Å². The number of fused-ring (bicyclic) bond motifs is 1. The van der Waals surface area contributed by atoms with E-state index < -0.39 is 0 Å². The monoisotopic (exact) mass is 340 g/mol. The molecule has 1 fully saturated rings. The summed E-state index contributed by atoms with van der Waals surface area (Å²) in [5, 5.41) is 4.04. The Morgan fingerprint density at radius 1 is 1.24 bits per heavy atom. The SMILES string of the molecule is O=C(Cn1ncn2cccc2c1=O)N1CCC(c2ccccc2F)C1. The van der Waals surface area contributed by atoms with Gasteiger partial charge >= 0.3 is 0 Å². The Kier molecular flexibility index (Phi) is 3.83. The van der Waals surface area contributed by atoms with Crippen molar-refractivity contribution >= 4 is 11.4 Å². The molecule has 6 nitrogen and oxygen atoms in total. The topological polar surface area (TPSA) is 59.6 Å².